The van der Waals surface area contributed by atoms with Crippen molar-refractivity contribution in [3.05, 3.63) is 0 Å². The normalized spacial score (nSPS) is 40.0. The highest BCUT2D eigenvalue weighted by Crippen LogP contribution is 2.54. The number of esters is 1. The van der Waals surface area contributed by atoms with Crippen LogP contribution in [0.15, 0.2) is 0 Å². The molecule has 3 aliphatic rings. The maximum absolute atomic E-state index is 11.1. The van der Waals surface area contributed by atoms with Gasteiger partial charge in [0, 0.05) is 19.1 Å². The van der Waals surface area contributed by atoms with Crippen molar-refractivity contribution in [2.24, 2.45) is 17.8 Å². The summed E-state index contributed by atoms with van der Waals surface area (Å²) in [4.78, 5) is 13.5. The molecule has 0 amide bonds. The summed E-state index contributed by atoms with van der Waals surface area (Å²) in [5, 5.41) is 10.2. The van der Waals surface area contributed by atoms with Crippen molar-refractivity contribution >= 4 is 5.97 Å². The Balaban J connectivity index is 1.41. The topological polar surface area (TPSA) is 59.0 Å². The Hall–Kier alpha value is -0.650. The average Bonchev–Trinajstić information content (AvgIpc) is 2.96. The lowest BCUT2D eigenvalue weighted by molar-refractivity contribution is -0.148. The first-order valence-electron chi connectivity index (χ1n) is 7.36. The first-order chi connectivity index (χ1) is 9.20. The molecule has 5 nitrogen and oxygen atoms in total. The van der Waals surface area contributed by atoms with Crippen LogP contribution in [-0.4, -0.2) is 61.0 Å². The van der Waals surface area contributed by atoms with Crippen LogP contribution in [0.25, 0.3) is 0 Å². The first-order valence-corrected chi connectivity index (χ1v) is 7.36. The monoisotopic (exact) mass is 269 g/mol. The predicted octanol–water partition coefficient (Wildman–Crippen LogP) is 0.267. The fourth-order valence-corrected chi connectivity index (χ4v) is 4.33. The molecule has 0 radical (unpaired) electrons. The van der Waals surface area contributed by atoms with E-state index in [9.17, 15) is 9.90 Å². The molecule has 1 aliphatic heterocycles. The van der Waals surface area contributed by atoms with Crippen molar-refractivity contribution in [1.82, 2.24) is 4.90 Å². The van der Waals surface area contributed by atoms with Gasteiger partial charge in [-0.2, -0.15) is 0 Å². The summed E-state index contributed by atoms with van der Waals surface area (Å²) in [6, 6.07) is 0.343. The molecule has 2 bridgehead atoms. The summed E-state index contributed by atoms with van der Waals surface area (Å²) in [5.74, 6) is 1.71. The van der Waals surface area contributed by atoms with E-state index in [1.165, 1.54) is 12.8 Å². The van der Waals surface area contributed by atoms with Gasteiger partial charge >= 0.3 is 5.97 Å². The van der Waals surface area contributed by atoms with Crippen LogP contribution in [0.2, 0.25) is 0 Å². The number of carbonyl (C=O) groups is 1. The van der Waals surface area contributed by atoms with Crippen molar-refractivity contribution in [1.29, 1.82) is 0 Å². The standard InChI is InChI=1S/C14H23NO4/c1-2-19-12(16)8-18-4-3-15-7-10-5-9-6-11(10)13(15)14(9)17/h9-11,13-14,17H,2-8H2,1H3. The van der Waals surface area contributed by atoms with Gasteiger partial charge in [-0.15, -0.1) is 0 Å². The van der Waals surface area contributed by atoms with Gasteiger partial charge in [0.25, 0.3) is 0 Å². The molecule has 1 heterocycles. The lowest BCUT2D eigenvalue weighted by Gasteiger charge is -2.28. The summed E-state index contributed by atoms with van der Waals surface area (Å²) in [7, 11) is 0. The number of likely N-dealkylation sites (tertiary alicyclic amines) is 1. The molecule has 19 heavy (non-hydrogen) atoms. The van der Waals surface area contributed by atoms with E-state index in [1.807, 2.05) is 0 Å². The highest BCUT2D eigenvalue weighted by molar-refractivity contribution is 5.70. The van der Waals surface area contributed by atoms with Crippen LogP contribution < -0.4 is 0 Å². The molecule has 5 unspecified atom stereocenters. The quantitative estimate of drug-likeness (QED) is 0.554. The number of aliphatic hydroxyl groups is 1. The number of hydrogen-bond acceptors (Lipinski definition) is 5. The highest BCUT2D eigenvalue weighted by atomic mass is 16.6. The summed E-state index contributed by atoms with van der Waals surface area (Å²) in [6.07, 6.45) is 2.26. The second-order valence-electron chi connectivity index (χ2n) is 5.99. The zero-order valence-electron chi connectivity index (χ0n) is 11.5. The minimum Gasteiger partial charge on any atom is -0.464 e. The Morgan fingerprint density at radius 3 is 2.95 bits per heavy atom. The van der Waals surface area contributed by atoms with Gasteiger partial charge in [-0.1, -0.05) is 0 Å². The molecule has 0 aromatic carbocycles. The number of nitrogens with zero attached hydrogens (tertiary/aromatic N) is 1. The van der Waals surface area contributed by atoms with E-state index in [2.05, 4.69) is 4.90 Å². The third-order valence-corrected chi connectivity index (χ3v) is 5.00. The lowest BCUT2D eigenvalue weighted by atomic mass is 9.88. The number of fused-ring (bicyclic) bond motifs is 1. The molecule has 5 atom stereocenters. The van der Waals surface area contributed by atoms with Crippen molar-refractivity contribution in [3.63, 3.8) is 0 Å². The van der Waals surface area contributed by atoms with Crippen molar-refractivity contribution in [2.75, 3.05) is 32.9 Å². The van der Waals surface area contributed by atoms with Crippen molar-refractivity contribution in [2.45, 2.75) is 31.9 Å². The number of carbonyl (C=O) groups excluding carboxylic acids is 1. The van der Waals surface area contributed by atoms with Gasteiger partial charge in [0.1, 0.15) is 6.61 Å². The first kappa shape index (κ1) is 13.3. The predicted molar refractivity (Wildman–Crippen MR) is 68.5 cm³/mol. The van der Waals surface area contributed by atoms with Gasteiger partial charge in [0.05, 0.1) is 19.3 Å². The maximum Gasteiger partial charge on any atom is 0.332 e. The Kier molecular flexibility index (Phi) is 3.78. The molecule has 0 aromatic heterocycles. The van der Waals surface area contributed by atoms with Gasteiger partial charge in [-0.3, -0.25) is 4.90 Å². The molecule has 0 spiro atoms. The second kappa shape index (κ2) is 5.38. The Morgan fingerprint density at radius 2 is 2.21 bits per heavy atom. The molecular formula is C14H23NO4. The van der Waals surface area contributed by atoms with E-state index < -0.39 is 0 Å². The molecule has 3 fully saturated rings. The molecule has 0 aromatic rings. The summed E-state index contributed by atoms with van der Waals surface area (Å²) >= 11 is 0. The van der Waals surface area contributed by atoms with E-state index in [-0.39, 0.29) is 18.7 Å². The fourth-order valence-electron chi connectivity index (χ4n) is 4.33. The van der Waals surface area contributed by atoms with Gasteiger partial charge in [-0.05, 0) is 37.5 Å². The van der Waals surface area contributed by atoms with E-state index in [0.29, 0.717) is 31.1 Å². The average molecular weight is 269 g/mol. The summed E-state index contributed by atoms with van der Waals surface area (Å²) < 4.78 is 10.2. The van der Waals surface area contributed by atoms with Crippen LogP contribution in [0.4, 0.5) is 0 Å². The summed E-state index contributed by atoms with van der Waals surface area (Å²) in [5.41, 5.74) is 0. The van der Waals surface area contributed by atoms with E-state index in [1.54, 1.807) is 6.92 Å². The van der Waals surface area contributed by atoms with Gasteiger partial charge < -0.3 is 14.6 Å². The van der Waals surface area contributed by atoms with E-state index in [4.69, 9.17) is 9.47 Å². The molecule has 1 saturated heterocycles. The maximum atomic E-state index is 11.1. The molecule has 108 valence electrons. The zero-order chi connectivity index (χ0) is 13.4. The van der Waals surface area contributed by atoms with Crippen LogP contribution in [-0.2, 0) is 14.3 Å². The largest absolute Gasteiger partial charge is 0.464 e. The van der Waals surface area contributed by atoms with E-state index >= 15 is 0 Å². The fraction of sp³-hybridized carbons (Fsp3) is 0.929. The third kappa shape index (κ3) is 2.39. The number of ether oxygens (including phenoxy) is 2. The zero-order valence-corrected chi connectivity index (χ0v) is 11.5. The van der Waals surface area contributed by atoms with Gasteiger partial charge in [0.2, 0.25) is 0 Å². The van der Waals surface area contributed by atoms with Crippen LogP contribution in [0.5, 0.6) is 0 Å². The highest BCUT2D eigenvalue weighted by Gasteiger charge is 2.58. The van der Waals surface area contributed by atoms with Crippen LogP contribution in [0.3, 0.4) is 0 Å². The lowest BCUT2D eigenvalue weighted by Crippen LogP contribution is -2.42. The molecule has 3 rings (SSSR count). The van der Waals surface area contributed by atoms with Crippen molar-refractivity contribution < 1.29 is 19.4 Å². The summed E-state index contributed by atoms with van der Waals surface area (Å²) in [6.45, 7) is 4.65. The van der Waals surface area contributed by atoms with Crippen LogP contribution >= 0.6 is 0 Å². The minimum absolute atomic E-state index is 0.0321. The second-order valence-corrected chi connectivity index (χ2v) is 5.99. The van der Waals surface area contributed by atoms with Gasteiger partial charge in [-0.25, -0.2) is 4.79 Å². The smallest absolute Gasteiger partial charge is 0.332 e. The van der Waals surface area contributed by atoms with E-state index in [0.717, 1.165) is 19.0 Å². The molecular weight excluding hydrogens is 246 g/mol. The van der Waals surface area contributed by atoms with Crippen molar-refractivity contribution in [3.8, 4) is 0 Å². The number of rotatable bonds is 6. The third-order valence-electron chi connectivity index (χ3n) is 5.00. The molecule has 1 N–H and O–H groups in total. The Bertz CT molecular complexity index is 346. The molecule has 5 heteroatoms. The van der Waals surface area contributed by atoms with Gasteiger partial charge in [0.15, 0.2) is 0 Å². The SMILES string of the molecule is CCOC(=O)COCCN1CC2CC3CC2C1C3O. The van der Waals surface area contributed by atoms with Crippen LogP contribution in [0.1, 0.15) is 19.8 Å². The Morgan fingerprint density at radius 1 is 1.37 bits per heavy atom. The number of aliphatic hydroxyl groups excluding tert-OH is 1. The number of hydrogen-bond donors (Lipinski definition) is 1. The van der Waals surface area contributed by atoms with Crippen LogP contribution in [0, 0.1) is 17.8 Å². The molecule has 2 aliphatic carbocycles. The Labute approximate surface area is 113 Å². The minimum atomic E-state index is -0.301. The molecule has 2 saturated carbocycles.